The second-order valence-corrected chi connectivity index (χ2v) is 5.14. The molecule has 1 rings (SSSR count). The third-order valence-corrected chi connectivity index (χ3v) is 3.89. The highest BCUT2D eigenvalue weighted by Gasteiger charge is 2.46. The quantitative estimate of drug-likeness (QED) is 0.482. The standard InChI is InChI=1S/C6H13O4P/c1-6(4-10-6)5-11(7,8-2)9-3/h4-5H2,1-3H3. The Labute approximate surface area is 66.4 Å². The van der Waals surface area contributed by atoms with Gasteiger partial charge in [0.2, 0.25) is 0 Å². The molecule has 66 valence electrons. The first-order valence-electron chi connectivity index (χ1n) is 3.38. The lowest BCUT2D eigenvalue weighted by Gasteiger charge is -2.14. The minimum Gasteiger partial charge on any atom is -0.369 e. The second kappa shape index (κ2) is 2.87. The van der Waals surface area contributed by atoms with Gasteiger partial charge in [-0.15, -0.1) is 0 Å². The molecule has 5 heteroatoms. The molecule has 0 saturated carbocycles. The van der Waals surface area contributed by atoms with Crippen molar-refractivity contribution in [2.75, 3.05) is 27.0 Å². The van der Waals surface area contributed by atoms with Gasteiger partial charge in [-0.05, 0) is 6.92 Å². The zero-order valence-corrected chi connectivity index (χ0v) is 7.89. The number of hydrogen-bond acceptors (Lipinski definition) is 4. The summed E-state index contributed by atoms with van der Waals surface area (Å²) in [5.74, 6) is 0. The Kier molecular flexibility index (Phi) is 2.40. The maximum atomic E-state index is 11.5. The van der Waals surface area contributed by atoms with Crippen molar-refractivity contribution < 1.29 is 18.3 Å². The fraction of sp³-hybridized carbons (Fsp3) is 1.00. The highest BCUT2D eigenvalue weighted by Crippen LogP contribution is 2.52. The molecule has 0 amide bonds. The zero-order chi connectivity index (χ0) is 8.54. The normalized spacial score (nSPS) is 30.5. The summed E-state index contributed by atoms with van der Waals surface area (Å²) in [6.07, 6.45) is 0.340. The van der Waals surface area contributed by atoms with Gasteiger partial charge >= 0.3 is 7.60 Å². The molecule has 1 heterocycles. The first-order valence-corrected chi connectivity index (χ1v) is 5.11. The van der Waals surface area contributed by atoms with Crippen LogP contribution in [0.4, 0.5) is 0 Å². The zero-order valence-electron chi connectivity index (χ0n) is 6.99. The van der Waals surface area contributed by atoms with E-state index >= 15 is 0 Å². The van der Waals surface area contributed by atoms with Crippen LogP contribution in [0, 0.1) is 0 Å². The average molecular weight is 180 g/mol. The van der Waals surface area contributed by atoms with Crippen LogP contribution in [0.1, 0.15) is 6.92 Å². The first kappa shape index (κ1) is 9.20. The molecule has 0 radical (unpaired) electrons. The molecule has 0 aromatic carbocycles. The molecule has 0 N–H and O–H groups in total. The van der Waals surface area contributed by atoms with E-state index in [1.54, 1.807) is 0 Å². The maximum Gasteiger partial charge on any atom is 0.333 e. The summed E-state index contributed by atoms with van der Waals surface area (Å²) in [7, 11) is -0.0953. The first-order chi connectivity index (χ1) is 5.04. The van der Waals surface area contributed by atoms with Crippen LogP contribution < -0.4 is 0 Å². The largest absolute Gasteiger partial charge is 0.369 e. The van der Waals surface area contributed by atoms with E-state index in [2.05, 4.69) is 0 Å². The van der Waals surface area contributed by atoms with Crippen LogP contribution in [0.15, 0.2) is 0 Å². The maximum absolute atomic E-state index is 11.5. The minimum absolute atomic E-state index is 0.276. The molecular weight excluding hydrogens is 167 g/mol. The molecule has 4 nitrogen and oxygen atoms in total. The smallest absolute Gasteiger partial charge is 0.333 e. The lowest BCUT2D eigenvalue weighted by atomic mass is 10.3. The topological polar surface area (TPSA) is 48.1 Å². The molecule has 0 aromatic heterocycles. The molecule has 11 heavy (non-hydrogen) atoms. The summed E-state index contributed by atoms with van der Waals surface area (Å²) in [6, 6.07) is 0. The van der Waals surface area contributed by atoms with Crippen LogP contribution in [0.2, 0.25) is 0 Å². The van der Waals surface area contributed by atoms with Crippen LogP contribution in [0.5, 0.6) is 0 Å². The van der Waals surface area contributed by atoms with Gasteiger partial charge in [0.1, 0.15) is 5.60 Å². The molecular formula is C6H13O4P. The Balaban J connectivity index is 2.50. The van der Waals surface area contributed by atoms with Gasteiger partial charge in [0.15, 0.2) is 0 Å². The van der Waals surface area contributed by atoms with Crippen LogP contribution >= 0.6 is 7.60 Å². The molecule has 0 aliphatic carbocycles. The third-order valence-electron chi connectivity index (χ3n) is 1.72. The van der Waals surface area contributed by atoms with Gasteiger partial charge in [0, 0.05) is 14.2 Å². The van der Waals surface area contributed by atoms with Crippen molar-refractivity contribution in [1.29, 1.82) is 0 Å². The number of ether oxygens (including phenoxy) is 1. The van der Waals surface area contributed by atoms with Crippen LogP contribution in [0.25, 0.3) is 0 Å². The van der Waals surface area contributed by atoms with E-state index in [1.807, 2.05) is 6.92 Å². The van der Waals surface area contributed by atoms with E-state index in [0.717, 1.165) is 0 Å². The Morgan fingerprint density at radius 2 is 2.00 bits per heavy atom. The minimum atomic E-state index is -2.87. The highest BCUT2D eigenvalue weighted by atomic mass is 31.2. The molecule has 0 spiro atoms. The van der Waals surface area contributed by atoms with Crippen molar-refractivity contribution in [1.82, 2.24) is 0 Å². The Hall–Kier alpha value is 0.110. The van der Waals surface area contributed by atoms with E-state index in [0.29, 0.717) is 12.8 Å². The monoisotopic (exact) mass is 180 g/mol. The summed E-state index contributed by atoms with van der Waals surface area (Å²) in [6.45, 7) is 2.53. The summed E-state index contributed by atoms with van der Waals surface area (Å²) >= 11 is 0. The Morgan fingerprint density at radius 3 is 2.27 bits per heavy atom. The fourth-order valence-corrected chi connectivity index (χ4v) is 2.24. The molecule has 1 saturated heterocycles. The van der Waals surface area contributed by atoms with E-state index in [-0.39, 0.29) is 5.60 Å². The Bertz CT molecular complexity index is 179. The summed E-state index contributed by atoms with van der Waals surface area (Å²) in [5.41, 5.74) is -0.276. The van der Waals surface area contributed by atoms with Gasteiger partial charge in [0.25, 0.3) is 0 Å². The summed E-state index contributed by atoms with van der Waals surface area (Å²) in [5, 5.41) is 0. The average Bonchev–Trinajstić information content (AvgIpc) is 2.68. The number of epoxide rings is 1. The van der Waals surface area contributed by atoms with Gasteiger partial charge in [-0.3, -0.25) is 4.57 Å². The van der Waals surface area contributed by atoms with Crippen molar-refractivity contribution in [2.45, 2.75) is 12.5 Å². The molecule has 0 aromatic rings. The highest BCUT2D eigenvalue weighted by molar-refractivity contribution is 7.53. The number of hydrogen-bond donors (Lipinski definition) is 0. The molecule has 1 fully saturated rings. The van der Waals surface area contributed by atoms with Crippen molar-refractivity contribution in [2.24, 2.45) is 0 Å². The van der Waals surface area contributed by atoms with Crippen molar-refractivity contribution in [3.8, 4) is 0 Å². The molecule has 1 aliphatic rings. The van der Waals surface area contributed by atoms with Crippen LogP contribution in [0.3, 0.4) is 0 Å². The van der Waals surface area contributed by atoms with Crippen molar-refractivity contribution >= 4 is 7.60 Å². The Morgan fingerprint density at radius 1 is 1.55 bits per heavy atom. The molecule has 1 unspecified atom stereocenters. The van der Waals surface area contributed by atoms with Crippen molar-refractivity contribution in [3.05, 3.63) is 0 Å². The van der Waals surface area contributed by atoms with Gasteiger partial charge in [-0.25, -0.2) is 0 Å². The molecule has 0 bridgehead atoms. The lowest BCUT2D eigenvalue weighted by Crippen LogP contribution is -2.13. The lowest BCUT2D eigenvalue weighted by molar-refractivity contribution is 0.259. The summed E-state index contributed by atoms with van der Waals surface area (Å²) < 4.78 is 26.1. The van der Waals surface area contributed by atoms with Gasteiger partial charge in [0.05, 0.1) is 12.8 Å². The van der Waals surface area contributed by atoms with Crippen LogP contribution in [-0.4, -0.2) is 32.6 Å². The van der Waals surface area contributed by atoms with Gasteiger partial charge in [-0.1, -0.05) is 0 Å². The molecule has 1 atom stereocenters. The predicted octanol–water partition coefficient (Wildman–Crippen LogP) is 1.26. The second-order valence-electron chi connectivity index (χ2n) is 2.87. The van der Waals surface area contributed by atoms with Gasteiger partial charge < -0.3 is 13.8 Å². The van der Waals surface area contributed by atoms with Gasteiger partial charge in [-0.2, -0.15) is 0 Å². The number of rotatable bonds is 4. The summed E-state index contributed by atoms with van der Waals surface area (Å²) in [4.78, 5) is 0. The SMILES string of the molecule is COP(=O)(CC1(C)CO1)OC. The van der Waals surface area contributed by atoms with E-state index < -0.39 is 7.60 Å². The van der Waals surface area contributed by atoms with E-state index in [9.17, 15) is 4.57 Å². The van der Waals surface area contributed by atoms with Crippen molar-refractivity contribution in [3.63, 3.8) is 0 Å². The van der Waals surface area contributed by atoms with E-state index in [4.69, 9.17) is 13.8 Å². The van der Waals surface area contributed by atoms with E-state index in [1.165, 1.54) is 14.2 Å². The predicted molar refractivity (Wildman–Crippen MR) is 40.8 cm³/mol. The fourth-order valence-electron chi connectivity index (χ4n) is 0.828. The van der Waals surface area contributed by atoms with Crippen LogP contribution in [-0.2, 0) is 18.3 Å². The third kappa shape index (κ3) is 2.27. The molecule has 1 aliphatic heterocycles.